The summed E-state index contributed by atoms with van der Waals surface area (Å²) in [6.45, 7) is 3.30. The highest BCUT2D eigenvalue weighted by Crippen LogP contribution is 2.27. The van der Waals surface area contributed by atoms with Gasteiger partial charge in [0.15, 0.2) is 0 Å². The molecule has 2 atom stereocenters. The van der Waals surface area contributed by atoms with Crippen molar-refractivity contribution >= 4 is 12.1 Å². The molecule has 0 aromatic heterocycles. The lowest BCUT2D eigenvalue weighted by atomic mass is 9.84. The van der Waals surface area contributed by atoms with Crippen LogP contribution in [0.4, 0.5) is 4.79 Å². The molecule has 0 N–H and O–H groups in total. The predicted octanol–water partition coefficient (Wildman–Crippen LogP) is 2.84. The summed E-state index contributed by atoms with van der Waals surface area (Å²) < 4.78 is 10.2. The van der Waals surface area contributed by atoms with Crippen LogP contribution < -0.4 is 0 Å². The van der Waals surface area contributed by atoms with Crippen molar-refractivity contribution in [2.24, 2.45) is 11.8 Å². The predicted molar refractivity (Wildman–Crippen MR) is 82.1 cm³/mol. The Bertz CT molecular complexity index is 503. The highest BCUT2D eigenvalue weighted by Gasteiger charge is 2.36. The maximum absolute atomic E-state index is 12.2. The molecule has 1 aliphatic heterocycles. The van der Waals surface area contributed by atoms with Gasteiger partial charge in [0.25, 0.3) is 0 Å². The van der Waals surface area contributed by atoms with Crippen molar-refractivity contribution in [3.05, 3.63) is 35.9 Å². The van der Waals surface area contributed by atoms with Crippen molar-refractivity contribution < 1.29 is 19.1 Å². The SMILES string of the molecule is CCC1CCN(C(=O)OCc2ccccc2)CC1C(=O)OC. The molecule has 120 valence electrons. The summed E-state index contributed by atoms with van der Waals surface area (Å²) in [4.78, 5) is 25.7. The summed E-state index contributed by atoms with van der Waals surface area (Å²) in [6.07, 6.45) is 1.34. The summed E-state index contributed by atoms with van der Waals surface area (Å²) >= 11 is 0. The molecular weight excluding hydrogens is 282 g/mol. The molecule has 0 radical (unpaired) electrons. The molecule has 1 aromatic carbocycles. The van der Waals surface area contributed by atoms with Crippen LogP contribution in [0, 0.1) is 11.8 Å². The first-order chi connectivity index (χ1) is 10.7. The van der Waals surface area contributed by atoms with Crippen molar-refractivity contribution in [3.63, 3.8) is 0 Å². The van der Waals surface area contributed by atoms with Crippen LogP contribution in [0.15, 0.2) is 30.3 Å². The first-order valence-corrected chi connectivity index (χ1v) is 7.69. The zero-order chi connectivity index (χ0) is 15.9. The molecule has 1 heterocycles. The van der Waals surface area contributed by atoms with E-state index in [1.165, 1.54) is 7.11 Å². The molecule has 2 unspecified atom stereocenters. The Morgan fingerprint density at radius 1 is 1.27 bits per heavy atom. The molecular formula is C17H23NO4. The number of esters is 1. The first kappa shape index (κ1) is 16.3. The fourth-order valence-electron chi connectivity index (χ4n) is 2.88. The molecule has 1 aromatic rings. The number of benzene rings is 1. The molecule has 1 aliphatic rings. The lowest BCUT2D eigenvalue weighted by Gasteiger charge is -2.36. The van der Waals surface area contributed by atoms with Gasteiger partial charge in [-0.05, 0) is 17.9 Å². The van der Waals surface area contributed by atoms with E-state index in [0.29, 0.717) is 13.1 Å². The van der Waals surface area contributed by atoms with E-state index in [1.54, 1.807) is 4.90 Å². The summed E-state index contributed by atoms with van der Waals surface area (Å²) in [5.41, 5.74) is 0.948. The topological polar surface area (TPSA) is 55.8 Å². The number of carbonyl (C=O) groups is 2. The first-order valence-electron chi connectivity index (χ1n) is 7.69. The third-order valence-electron chi connectivity index (χ3n) is 4.25. The van der Waals surface area contributed by atoms with Gasteiger partial charge in [-0.1, -0.05) is 43.7 Å². The number of methoxy groups -OCH3 is 1. The van der Waals surface area contributed by atoms with Gasteiger partial charge in [0.2, 0.25) is 0 Å². The van der Waals surface area contributed by atoms with E-state index in [4.69, 9.17) is 9.47 Å². The fraction of sp³-hybridized carbons (Fsp3) is 0.529. The number of hydrogen-bond donors (Lipinski definition) is 0. The minimum absolute atomic E-state index is 0.243. The summed E-state index contributed by atoms with van der Waals surface area (Å²) in [6, 6.07) is 9.55. The Kier molecular flexibility index (Phi) is 5.81. The number of carbonyl (C=O) groups excluding carboxylic acids is 2. The molecule has 5 heteroatoms. The number of nitrogens with zero attached hydrogens (tertiary/aromatic N) is 1. The largest absolute Gasteiger partial charge is 0.469 e. The smallest absolute Gasteiger partial charge is 0.410 e. The van der Waals surface area contributed by atoms with E-state index < -0.39 is 0 Å². The average Bonchev–Trinajstić information content (AvgIpc) is 2.59. The van der Waals surface area contributed by atoms with Crippen LogP contribution in [-0.4, -0.2) is 37.2 Å². The molecule has 2 rings (SSSR count). The van der Waals surface area contributed by atoms with E-state index in [1.807, 2.05) is 30.3 Å². The van der Waals surface area contributed by atoms with E-state index in [2.05, 4.69) is 6.92 Å². The molecule has 0 spiro atoms. The van der Waals surface area contributed by atoms with Crippen LogP contribution in [0.5, 0.6) is 0 Å². The number of piperidine rings is 1. The summed E-state index contributed by atoms with van der Waals surface area (Å²) in [5, 5.41) is 0. The third-order valence-corrected chi connectivity index (χ3v) is 4.25. The van der Waals surface area contributed by atoms with Crippen LogP contribution in [-0.2, 0) is 20.9 Å². The highest BCUT2D eigenvalue weighted by atomic mass is 16.6. The van der Waals surface area contributed by atoms with Crippen molar-refractivity contribution in [1.82, 2.24) is 4.90 Å². The fourth-order valence-corrected chi connectivity index (χ4v) is 2.88. The normalized spacial score (nSPS) is 21.3. The van der Waals surface area contributed by atoms with Gasteiger partial charge >= 0.3 is 12.1 Å². The van der Waals surface area contributed by atoms with Crippen LogP contribution in [0.1, 0.15) is 25.3 Å². The van der Waals surface area contributed by atoms with Crippen LogP contribution in [0.2, 0.25) is 0 Å². The Hall–Kier alpha value is -2.04. The van der Waals surface area contributed by atoms with Crippen molar-refractivity contribution in [1.29, 1.82) is 0 Å². The summed E-state index contributed by atoms with van der Waals surface area (Å²) in [7, 11) is 1.39. The standard InChI is InChI=1S/C17H23NO4/c1-3-14-9-10-18(11-15(14)16(19)21-2)17(20)22-12-13-7-5-4-6-8-13/h4-8,14-15H,3,9-12H2,1-2H3. The Morgan fingerprint density at radius 2 is 2.00 bits per heavy atom. The monoisotopic (exact) mass is 305 g/mol. The number of ether oxygens (including phenoxy) is 2. The molecule has 5 nitrogen and oxygen atoms in total. The Labute approximate surface area is 131 Å². The van der Waals surface area contributed by atoms with Crippen molar-refractivity contribution in [2.45, 2.75) is 26.4 Å². The van der Waals surface area contributed by atoms with Crippen LogP contribution in [0.3, 0.4) is 0 Å². The minimum atomic E-state index is -0.368. The van der Waals surface area contributed by atoms with Gasteiger partial charge in [-0.3, -0.25) is 4.79 Å². The molecule has 1 saturated heterocycles. The Balaban J connectivity index is 1.91. The second-order valence-corrected chi connectivity index (χ2v) is 5.57. The maximum Gasteiger partial charge on any atom is 0.410 e. The van der Waals surface area contributed by atoms with E-state index in [-0.39, 0.29) is 30.5 Å². The maximum atomic E-state index is 12.2. The number of likely N-dealkylation sites (tertiary alicyclic amines) is 1. The van der Waals surface area contributed by atoms with E-state index in [0.717, 1.165) is 18.4 Å². The van der Waals surface area contributed by atoms with Gasteiger partial charge in [-0.25, -0.2) is 4.79 Å². The van der Waals surface area contributed by atoms with Crippen molar-refractivity contribution in [2.75, 3.05) is 20.2 Å². The van der Waals surface area contributed by atoms with Gasteiger partial charge < -0.3 is 14.4 Å². The average molecular weight is 305 g/mol. The zero-order valence-electron chi connectivity index (χ0n) is 13.2. The second-order valence-electron chi connectivity index (χ2n) is 5.57. The lowest BCUT2D eigenvalue weighted by Crippen LogP contribution is -2.46. The quantitative estimate of drug-likeness (QED) is 0.803. The molecule has 1 fully saturated rings. The molecule has 22 heavy (non-hydrogen) atoms. The van der Waals surface area contributed by atoms with Gasteiger partial charge in [0, 0.05) is 13.1 Å². The van der Waals surface area contributed by atoms with Gasteiger partial charge in [-0.2, -0.15) is 0 Å². The highest BCUT2D eigenvalue weighted by molar-refractivity contribution is 5.75. The van der Waals surface area contributed by atoms with Gasteiger partial charge in [-0.15, -0.1) is 0 Å². The van der Waals surface area contributed by atoms with Crippen LogP contribution >= 0.6 is 0 Å². The van der Waals surface area contributed by atoms with Gasteiger partial charge in [0.05, 0.1) is 13.0 Å². The van der Waals surface area contributed by atoms with Crippen LogP contribution in [0.25, 0.3) is 0 Å². The summed E-state index contributed by atoms with van der Waals surface area (Å²) in [5.74, 6) is -0.231. The zero-order valence-corrected chi connectivity index (χ0v) is 13.2. The molecule has 0 aliphatic carbocycles. The molecule has 0 bridgehead atoms. The molecule has 0 saturated carbocycles. The lowest BCUT2D eigenvalue weighted by molar-refractivity contribution is -0.149. The minimum Gasteiger partial charge on any atom is -0.469 e. The van der Waals surface area contributed by atoms with E-state index >= 15 is 0 Å². The third kappa shape index (κ3) is 4.00. The number of amides is 1. The molecule has 1 amide bonds. The van der Waals surface area contributed by atoms with Crippen molar-refractivity contribution in [3.8, 4) is 0 Å². The second kappa shape index (κ2) is 7.82. The number of hydrogen-bond acceptors (Lipinski definition) is 4. The Morgan fingerprint density at radius 3 is 2.64 bits per heavy atom. The van der Waals surface area contributed by atoms with E-state index in [9.17, 15) is 9.59 Å². The van der Waals surface area contributed by atoms with Gasteiger partial charge in [0.1, 0.15) is 6.61 Å². The number of rotatable bonds is 4.